The molecule has 1 aliphatic heterocycles. The minimum absolute atomic E-state index is 0.0829. The SMILES string of the molecule is O=C(NC1CC1)[C@@H](NC[C@H]1CCCCO1)c1ccccc1. The Morgan fingerprint density at radius 3 is 2.67 bits per heavy atom. The largest absolute Gasteiger partial charge is 0.377 e. The van der Waals surface area contributed by atoms with Crippen molar-refractivity contribution in [3.8, 4) is 0 Å². The zero-order chi connectivity index (χ0) is 14.5. The first kappa shape index (κ1) is 14.5. The molecule has 4 nitrogen and oxygen atoms in total. The van der Waals surface area contributed by atoms with Gasteiger partial charge in [-0.25, -0.2) is 0 Å². The lowest BCUT2D eigenvalue weighted by atomic mass is 10.0. The Bertz CT molecular complexity index is 453. The Morgan fingerprint density at radius 1 is 1.19 bits per heavy atom. The van der Waals surface area contributed by atoms with Gasteiger partial charge in [0.05, 0.1) is 6.10 Å². The first-order valence-electron chi connectivity index (χ1n) is 8.03. The summed E-state index contributed by atoms with van der Waals surface area (Å²) in [6.07, 6.45) is 5.91. The minimum atomic E-state index is -0.280. The van der Waals surface area contributed by atoms with Crippen molar-refractivity contribution in [3.63, 3.8) is 0 Å². The molecule has 0 bridgehead atoms. The zero-order valence-corrected chi connectivity index (χ0v) is 12.4. The molecule has 2 N–H and O–H groups in total. The van der Waals surface area contributed by atoms with Crippen molar-refractivity contribution < 1.29 is 9.53 Å². The second-order valence-corrected chi connectivity index (χ2v) is 6.02. The summed E-state index contributed by atoms with van der Waals surface area (Å²) in [5.74, 6) is 0.0829. The Morgan fingerprint density at radius 2 is 2.00 bits per heavy atom. The van der Waals surface area contributed by atoms with Crippen LogP contribution in [0.4, 0.5) is 0 Å². The molecule has 1 aromatic carbocycles. The Labute approximate surface area is 126 Å². The molecule has 0 unspecified atom stereocenters. The number of benzene rings is 1. The summed E-state index contributed by atoms with van der Waals surface area (Å²) in [7, 11) is 0. The van der Waals surface area contributed by atoms with Crippen LogP contribution in [0.1, 0.15) is 43.7 Å². The highest BCUT2D eigenvalue weighted by atomic mass is 16.5. The molecule has 1 amide bonds. The van der Waals surface area contributed by atoms with Gasteiger partial charge in [0.15, 0.2) is 0 Å². The molecule has 114 valence electrons. The molecule has 0 aromatic heterocycles. The summed E-state index contributed by atoms with van der Waals surface area (Å²) < 4.78 is 5.74. The number of amides is 1. The Balaban J connectivity index is 1.61. The highest BCUT2D eigenvalue weighted by molar-refractivity contribution is 5.83. The van der Waals surface area contributed by atoms with Crippen LogP contribution >= 0.6 is 0 Å². The molecule has 1 saturated carbocycles. The fourth-order valence-corrected chi connectivity index (χ4v) is 2.74. The molecular weight excluding hydrogens is 264 g/mol. The third-order valence-corrected chi connectivity index (χ3v) is 4.14. The molecule has 21 heavy (non-hydrogen) atoms. The second-order valence-electron chi connectivity index (χ2n) is 6.02. The third kappa shape index (κ3) is 4.29. The van der Waals surface area contributed by atoms with Crippen LogP contribution in [0.3, 0.4) is 0 Å². The first-order chi connectivity index (χ1) is 10.3. The molecular formula is C17H24N2O2. The van der Waals surface area contributed by atoms with Crippen molar-refractivity contribution >= 4 is 5.91 Å². The Hall–Kier alpha value is -1.39. The average Bonchev–Trinajstić information content (AvgIpc) is 3.33. The van der Waals surface area contributed by atoms with Gasteiger partial charge in [-0.1, -0.05) is 30.3 Å². The van der Waals surface area contributed by atoms with E-state index < -0.39 is 0 Å². The normalized spacial score (nSPS) is 23.5. The number of hydrogen-bond acceptors (Lipinski definition) is 3. The van der Waals surface area contributed by atoms with E-state index in [1.54, 1.807) is 0 Å². The van der Waals surface area contributed by atoms with E-state index in [2.05, 4.69) is 10.6 Å². The van der Waals surface area contributed by atoms with E-state index >= 15 is 0 Å². The van der Waals surface area contributed by atoms with Gasteiger partial charge in [-0.05, 0) is 37.7 Å². The van der Waals surface area contributed by atoms with Crippen LogP contribution in [-0.2, 0) is 9.53 Å². The fraction of sp³-hybridized carbons (Fsp3) is 0.588. The van der Waals surface area contributed by atoms with E-state index in [9.17, 15) is 4.79 Å². The van der Waals surface area contributed by atoms with Crippen LogP contribution in [0.25, 0.3) is 0 Å². The van der Waals surface area contributed by atoms with Crippen molar-refractivity contribution in [2.24, 2.45) is 0 Å². The number of carbonyl (C=O) groups excluding carboxylic acids is 1. The van der Waals surface area contributed by atoms with Gasteiger partial charge in [-0.3, -0.25) is 10.1 Å². The summed E-state index contributed by atoms with van der Waals surface area (Å²) in [4.78, 5) is 12.5. The smallest absolute Gasteiger partial charge is 0.241 e. The average molecular weight is 288 g/mol. The van der Waals surface area contributed by atoms with Crippen molar-refractivity contribution in [2.45, 2.75) is 50.3 Å². The highest BCUT2D eigenvalue weighted by Gasteiger charge is 2.28. The second kappa shape index (κ2) is 7.05. The first-order valence-corrected chi connectivity index (χ1v) is 8.03. The molecule has 0 radical (unpaired) electrons. The van der Waals surface area contributed by atoms with Gasteiger partial charge in [0.2, 0.25) is 5.91 Å². The Kier molecular flexibility index (Phi) is 4.88. The molecule has 3 rings (SSSR count). The molecule has 2 fully saturated rings. The summed E-state index contributed by atoms with van der Waals surface area (Å²) >= 11 is 0. The molecule has 2 atom stereocenters. The van der Waals surface area contributed by atoms with Crippen LogP contribution < -0.4 is 10.6 Å². The van der Waals surface area contributed by atoms with E-state index in [-0.39, 0.29) is 18.1 Å². The number of rotatable bonds is 6. The van der Waals surface area contributed by atoms with Gasteiger partial charge in [-0.15, -0.1) is 0 Å². The molecule has 1 saturated heterocycles. The molecule has 1 heterocycles. The number of hydrogen-bond donors (Lipinski definition) is 2. The van der Waals surface area contributed by atoms with Crippen LogP contribution in [0, 0.1) is 0 Å². The fourth-order valence-electron chi connectivity index (χ4n) is 2.74. The van der Waals surface area contributed by atoms with Gasteiger partial charge >= 0.3 is 0 Å². The maximum atomic E-state index is 12.5. The molecule has 2 aliphatic rings. The highest BCUT2D eigenvalue weighted by Crippen LogP contribution is 2.21. The van der Waals surface area contributed by atoms with Crippen LogP contribution in [0.15, 0.2) is 30.3 Å². The number of carbonyl (C=O) groups is 1. The number of ether oxygens (including phenoxy) is 1. The van der Waals surface area contributed by atoms with E-state index in [0.29, 0.717) is 6.04 Å². The topological polar surface area (TPSA) is 50.4 Å². The lowest BCUT2D eigenvalue weighted by molar-refractivity contribution is -0.123. The van der Waals surface area contributed by atoms with Crippen molar-refractivity contribution in [2.75, 3.05) is 13.2 Å². The van der Waals surface area contributed by atoms with Crippen LogP contribution in [0.5, 0.6) is 0 Å². The zero-order valence-electron chi connectivity index (χ0n) is 12.4. The molecule has 0 spiro atoms. The van der Waals surface area contributed by atoms with Gasteiger partial charge in [-0.2, -0.15) is 0 Å². The standard InChI is InChI=1S/C17H24N2O2/c20-17(19-14-9-10-14)16(13-6-2-1-3-7-13)18-12-15-8-4-5-11-21-15/h1-3,6-7,14-16,18H,4-5,8-12H2,(H,19,20)/t15-,16+/m1/s1. The molecule has 1 aliphatic carbocycles. The van der Waals surface area contributed by atoms with Crippen molar-refractivity contribution in [1.29, 1.82) is 0 Å². The third-order valence-electron chi connectivity index (χ3n) is 4.14. The van der Waals surface area contributed by atoms with E-state index in [0.717, 1.165) is 44.4 Å². The van der Waals surface area contributed by atoms with Gasteiger partial charge in [0.1, 0.15) is 6.04 Å². The van der Waals surface area contributed by atoms with Gasteiger partial charge in [0.25, 0.3) is 0 Å². The molecule has 1 aromatic rings. The van der Waals surface area contributed by atoms with Crippen LogP contribution in [0.2, 0.25) is 0 Å². The summed E-state index contributed by atoms with van der Waals surface area (Å²) in [5.41, 5.74) is 1.02. The lowest BCUT2D eigenvalue weighted by Crippen LogP contribution is -2.42. The summed E-state index contributed by atoms with van der Waals surface area (Å²) in [6, 6.07) is 10.0. The quantitative estimate of drug-likeness (QED) is 0.843. The van der Waals surface area contributed by atoms with E-state index in [4.69, 9.17) is 4.74 Å². The monoisotopic (exact) mass is 288 g/mol. The predicted octanol–water partition coefficient (Wildman–Crippen LogP) is 2.16. The molecule has 4 heteroatoms. The number of nitrogens with one attached hydrogen (secondary N) is 2. The van der Waals surface area contributed by atoms with Crippen molar-refractivity contribution in [1.82, 2.24) is 10.6 Å². The lowest BCUT2D eigenvalue weighted by Gasteiger charge is -2.26. The van der Waals surface area contributed by atoms with Gasteiger partial charge in [0, 0.05) is 19.2 Å². The summed E-state index contributed by atoms with van der Waals surface area (Å²) in [5, 5.41) is 6.50. The summed E-state index contributed by atoms with van der Waals surface area (Å²) in [6.45, 7) is 1.58. The van der Waals surface area contributed by atoms with Crippen LogP contribution in [-0.4, -0.2) is 31.2 Å². The van der Waals surface area contributed by atoms with E-state index in [1.807, 2.05) is 30.3 Å². The van der Waals surface area contributed by atoms with Gasteiger partial charge < -0.3 is 10.1 Å². The maximum absolute atomic E-state index is 12.5. The predicted molar refractivity (Wildman–Crippen MR) is 81.9 cm³/mol. The van der Waals surface area contributed by atoms with E-state index in [1.165, 1.54) is 6.42 Å². The maximum Gasteiger partial charge on any atom is 0.241 e. The van der Waals surface area contributed by atoms with Crippen molar-refractivity contribution in [3.05, 3.63) is 35.9 Å². The minimum Gasteiger partial charge on any atom is -0.377 e.